The van der Waals surface area contributed by atoms with Crippen molar-refractivity contribution >= 4 is 0 Å². The molecule has 0 saturated heterocycles. The maximum absolute atomic E-state index is 8.35. The Bertz CT molecular complexity index is 435. The Labute approximate surface area is 185 Å². The minimum atomic E-state index is 0.469. The van der Waals surface area contributed by atoms with Gasteiger partial charge in [-0.05, 0) is 55.8 Å². The van der Waals surface area contributed by atoms with Crippen LogP contribution < -0.4 is 0 Å². The lowest BCUT2D eigenvalue weighted by Crippen LogP contribution is -2.27. The van der Waals surface area contributed by atoms with Gasteiger partial charge in [0.05, 0.1) is 13.2 Å². The fraction of sp³-hybridized carbons (Fsp3) is 0.846. The highest BCUT2D eigenvalue weighted by atomic mass is 17.1. The molecule has 0 amide bonds. The molecule has 0 fully saturated rings. The first kappa shape index (κ1) is 27.4. The van der Waals surface area contributed by atoms with Crippen LogP contribution in [-0.2, 0) is 9.78 Å². The van der Waals surface area contributed by atoms with Crippen molar-refractivity contribution in [2.45, 2.75) is 104 Å². The van der Waals surface area contributed by atoms with E-state index < -0.39 is 0 Å². The summed E-state index contributed by atoms with van der Waals surface area (Å²) < 4.78 is 0. The molecule has 0 spiro atoms. The molecule has 4 atom stereocenters. The summed E-state index contributed by atoms with van der Waals surface area (Å²) in [6, 6.07) is 0. The second-order valence-electron chi connectivity index (χ2n) is 9.26. The monoisotopic (exact) mass is 424 g/mol. The number of rotatable bonds is 19. The van der Waals surface area contributed by atoms with E-state index in [1.165, 1.54) is 64.2 Å². The Balaban J connectivity index is 2.22. The van der Waals surface area contributed by atoms with Crippen molar-refractivity contribution in [3.63, 3.8) is 0 Å². The van der Waals surface area contributed by atoms with E-state index in [4.69, 9.17) is 10.5 Å². The number of hydrogen-bond acceptors (Lipinski definition) is 4. The summed E-state index contributed by atoms with van der Waals surface area (Å²) in [7, 11) is 0. The van der Waals surface area contributed by atoms with Gasteiger partial charge in [-0.15, -0.1) is 0 Å². The van der Waals surface area contributed by atoms with E-state index in [-0.39, 0.29) is 0 Å². The highest BCUT2D eigenvalue weighted by Gasteiger charge is 2.28. The Morgan fingerprint density at radius 2 is 1.23 bits per heavy atom. The SMILES string of the molecule is CC1C=CC(CCCCCCCCOO)C(/C=C\CCCCCCCCOO)C1C. The van der Waals surface area contributed by atoms with Crippen LogP contribution in [0.2, 0.25) is 0 Å². The first-order chi connectivity index (χ1) is 14.7. The molecule has 4 heteroatoms. The fourth-order valence-corrected chi connectivity index (χ4v) is 4.61. The van der Waals surface area contributed by atoms with E-state index in [9.17, 15) is 0 Å². The quantitative estimate of drug-likeness (QED) is 0.0952. The predicted molar refractivity (Wildman–Crippen MR) is 125 cm³/mol. The lowest BCUT2D eigenvalue weighted by atomic mass is 9.70. The van der Waals surface area contributed by atoms with Crippen molar-refractivity contribution in [1.29, 1.82) is 0 Å². The molecule has 1 aliphatic rings. The van der Waals surface area contributed by atoms with Gasteiger partial charge in [0.2, 0.25) is 0 Å². The number of hydrogen-bond donors (Lipinski definition) is 2. The Kier molecular flexibility index (Phi) is 17.4. The van der Waals surface area contributed by atoms with Crippen molar-refractivity contribution in [2.75, 3.05) is 13.2 Å². The first-order valence-corrected chi connectivity index (χ1v) is 12.6. The van der Waals surface area contributed by atoms with Crippen LogP contribution in [0.4, 0.5) is 0 Å². The molecule has 0 heterocycles. The summed E-state index contributed by atoms with van der Waals surface area (Å²) in [5.74, 6) is 2.78. The topological polar surface area (TPSA) is 58.9 Å². The maximum atomic E-state index is 8.35. The van der Waals surface area contributed by atoms with E-state index in [2.05, 4.69) is 47.9 Å². The molecule has 0 saturated carbocycles. The molecule has 176 valence electrons. The summed E-state index contributed by atoms with van der Waals surface area (Å²) in [6.45, 7) is 5.72. The molecule has 4 unspecified atom stereocenters. The van der Waals surface area contributed by atoms with Crippen LogP contribution in [-0.4, -0.2) is 23.7 Å². The van der Waals surface area contributed by atoms with Gasteiger partial charge in [-0.3, -0.25) is 10.5 Å². The summed E-state index contributed by atoms with van der Waals surface area (Å²) in [5, 5.41) is 16.7. The van der Waals surface area contributed by atoms with Gasteiger partial charge in [0.1, 0.15) is 0 Å². The second-order valence-corrected chi connectivity index (χ2v) is 9.26. The minimum absolute atomic E-state index is 0.469. The average molecular weight is 425 g/mol. The van der Waals surface area contributed by atoms with Crippen molar-refractivity contribution in [1.82, 2.24) is 0 Å². The zero-order valence-electron chi connectivity index (χ0n) is 19.6. The Morgan fingerprint density at radius 3 is 1.83 bits per heavy atom. The van der Waals surface area contributed by atoms with Crippen LogP contribution in [0.1, 0.15) is 104 Å². The van der Waals surface area contributed by atoms with Crippen molar-refractivity contribution in [3.05, 3.63) is 24.3 Å². The van der Waals surface area contributed by atoms with Crippen molar-refractivity contribution < 1.29 is 20.3 Å². The lowest BCUT2D eigenvalue weighted by molar-refractivity contribution is -0.242. The van der Waals surface area contributed by atoms with Crippen molar-refractivity contribution in [2.24, 2.45) is 23.7 Å². The molecule has 0 bridgehead atoms. The molecule has 30 heavy (non-hydrogen) atoms. The summed E-state index contributed by atoms with van der Waals surface area (Å²) >= 11 is 0. The molecule has 0 aromatic carbocycles. The van der Waals surface area contributed by atoms with Gasteiger partial charge in [0.25, 0.3) is 0 Å². The van der Waals surface area contributed by atoms with Crippen LogP contribution in [0.3, 0.4) is 0 Å². The highest BCUT2D eigenvalue weighted by molar-refractivity contribution is 5.08. The van der Waals surface area contributed by atoms with Crippen LogP contribution in [0.15, 0.2) is 24.3 Å². The normalized spacial score (nSPS) is 24.1. The van der Waals surface area contributed by atoms with Crippen LogP contribution in [0, 0.1) is 23.7 Å². The third-order valence-corrected chi connectivity index (χ3v) is 6.83. The third kappa shape index (κ3) is 12.9. The second kappa shape index (κ2) is 19.0. The third-order valence-electron chi connectivity index (χ3n) is 6.83. The van der Waals surface area contributed by atoms with Crippen LogP contribution >= 0.6 is 0 Å². The number of allylic oxidation sites excluding steroid dienone is 4. The zero-order valence-corrected chi connectivity index (χ0v) is 19.6. The van der Waals surface area contributed by atoms with Gasteiger partial charge >= 0.3 is 0 Å². The van der Waals surface area contributed by atoms with E-state index in [0.717, 1.165) is 31.6 Å². The maximum Gasteiger partial charge on any atom is 0.0819 e. The predicted octanol–water partition coefficient (Wildman–Crippen LogP) is 8.06. The fourth-order valence-electron chi connectivity index (χ4n) is 4.61. The van der Waals surface area contributed by atoms with E-state index in [1.54, 1.807) is 0 Å². The van der Waals surface area contributed by atoms with E-state index >= 15 is 0 Å². The van der Waals surface area contributed by atoms with Crippen LogP contribution in [0.25, 0.3) is 0 Å². The van der Waals surface area contributed by atoms with Gasteiger partial charge in [-0.25, -0.2) is 9.78 Å². The molecule has 1 aliphatic carbocycles. The largest absolute Gasteiger partial charge is 0.252 e. The van der Waals surface area contributed by atoms with Gasteiger partial charge in [0, 0.05) is 0 Å². The van der Waals surface area contributed by atoms with Gasteiger partial charge in [-0.1, -0.05) is 95.9 Å². The summed E-state index contributed by atoms with van der Waals surface area (Å²) in [5.41, 5.74) is 0. The molecular formula is C26H48O4. The van der Waals surface area contributed by atoms with Crippen molar-refractivity contribution in [3.8, 4) is 0 Å². The molecule has 4 nitrogen and oxygen atoms in total. The highest BCUT2D eigenvalue weighted by Crippen LogP contribution is 2.37. The van der Waals surface area contributed by atoms with Gasteiger partial charge < -0.3 is 0 Å². The van der Waals surface area contributed by atoms with E-state index in [0.29, 0.717) is 31.0 Å². The standard InChI is InChI=1S/C26H48O4/c1-23-19-20-25(17-13-9-6-8-12-16-22-30-28)26(24(23)2)18-14-10-5-3-4-7-11-15-21-29-27/h14,18-20,23-28H,3-13,15-17,21-22H2,1-2H3/b18-14-. The minimum Gasteiger partial charge on any atom is -0.252 e. The smallest absolute Gasteiger partial charge is 0.0819 e. The molecule has 0 aromatic heterocycles. The summed E-state index contributed by atoms with van der Waals surface area (Å²) in [4.78, 5) is 8.24. The van der Waals surface area contributed by atoms with Gasteiger partial charge in [-0.2, -0.15) is 0 Å². The van der Waals surface area contributed by atoms with Crippen LogP contribution in [0.5, 0.6) is 0 Å². The van der Waals surface area contributed by atoms with Gasteiger partial charge in [0.15, 0.2) is 0 Å². The zero-order chi connectivity index (χ0) is 21.9. The Hall–Kier alpha value is -0.680. The molecule has 1 rings (SSSR count). The Morgan fingerprint density at radius 1 is 0.700 bits per heavy atom. The average Bonchev–Trinajstić information content (AvgIpc) is 2.75. The lowest BCUT2D eigenvalue weighted by Gasteiger charge is -2.35. The summed E-state index contributed by atoms with van der Waals surface area (Å²) in [6.07, 6.45) is 26.9. The molecule has 0 aliphatic heterocycles. The molecule has 2 N–H and O–H groups in total. The number of unbranched alkanes of at least 4 members (excludes halogenated alkanes) is 11. The molecular weight excluding hydrogens is 376 g/mol. The van der Waals surface area contributed by atoms with E-state index in [1.807, 2.05) is 0 Å². The molecule has 0 radical (unpaired) electrons. The first-order valence-electron chi connectivity index (χ1n) is 12.6. The molecule has 0 aromatic rings.